The fourth-order valence-electron chi connectivity index (χ4n) is 1.19. The predicted octanol–water partition coefficient (Wildman–Crippen LogP) is 1.59. The fourth-order valence-corrected chi connectivity index (χ4v) is 1.58. The largest absolute Gasteiger partial charge is 0.423 e. The van der Waals surface area contributed by atoms with Gasteiger partial charge in [-0.25, -0.2) is 0 Å². The van der Waals surface area contributed by atoms with Crippen molar-refractivity contribution in [1.82, 2.24) is 0 Å². The van der Waals surface area contributed by atoms with Gasteiger partial charge in [0.25, 0.3) is 0 Å². The summed E-state index contributed by atoms with van der Waals surface area (Å²) >= 11 is 4.40. The van der Waals surface area contributed by atoms with Crippen LogP contribution in [0, 0.1) is 0 Å². The highest BCUT2D eigenvalue weighted by molar-refractivity contribution is 7.80. The average Bonchev–Trinajstić information content (AvgIpc) is 2.09. The number of thiol groups is 1. The second-order valence-corrected chi connectivity index (χ2v) is 4.66. The number of benzene rings is 1. The molecule has 3 heteroatoms. The molecular weight excluding hydrogens is 196 g/mol. The Morgan fingerprint density at radius 1 is 1.38 bits per heavy atom. The Morgan fingerprint density at radius 2 is 2.00 bits per heavy atom. The van der Waals surface area contributed by atoms with Gasteiger partial charge < -0.3 is 4.43 Å². The van der Waals surface area contributed by atoms with E-state index in [1.807, 2.05) is 18.2 Å². The number of rotatable bonds is 3. The maximum atomic E-state index is 5.50. The van der Waals surface area contributed by atoms with Crippen LogP contribution in [0.15, 0.2) is 29.2 Å². The van der Waals surface area contributed by atoms with Gasteiger partial charge in [0, 0.05) is 11.3 Å². The standard InChI is InChI=1S/C10H16OSSi/c1-10(2,11-13)7-8-5-3-4-6-9(8)12/h3-6,12H,7H2,1-2,13H3. The summed E-state index contributed by atoms with van der Waals surface area (Å²) in [5.41, 5.74) is 1.21. The topological polar surface area (TPSA) is 9.23 Å². The molecule has 13 heavy (non-hydrogen) atoms. The van der Waals surface area contributed by atoms with Gasteiger partial charge >= 0.3 is 0 Å². The molecule has 72 valence electrons. The van der Waals surface area contributed by atoms with E-state index in [0.29, 0.717) is 0 Å². The van der Waals surface area contributed by atoms with Crippen molar-refractivity contribution < 1.29 is 4.43 Å². The van der Waals surface area contributed by atoms with Gasteiger partial charge in [0.15, 0.2) is 0 Å². The van der Waals surface area contributed by atoms with Crippen LogP contribution in [0.4, 0.5) is 0 Å². The summed E-state index contributed by atoms with van der Waals surface area (Å²) < 4.78 is 5.50. The quantitative estimate of drug-likeness (QED) is 0.591. The molecule has 0 saturated heterocycles. The van der Waals surface area contributed by atoms with Crippen molar-refractivity contribution in [3.8, 4) is 0 Å². The van der Waals surface area contributed by atoms with E-state index in [1.165, 1.54) is 5.56 Å². The second-order valence-electron chi connectivity index (χ2n) is 3.77. The molecule has 1 nitrogen and oxygen atoms in total. The molecule has 0 N–H and O–H groups in total. The van der Waals surface area contributed by atoms with E-state index in [9.17, 15) is 0 Å². The Hall–Kier alpha value is -0.253. The van der Waals surface area contributed by atoms with Crippen molar-refractivity contribution in [2.75, 3.05) is 0 Å². The van der Waals surface area contributed by atoms with Crippen molar-refractivity contribution >= 4 is 23.1 Å². The van der Waals surface area contributed by atoms with Crippen molar-refractivity contribution in [1.29, 1.82) is 0 Å². The van der Waals surface area contributed by atoms with Crippen LogP contribution in [-0.2, 0) is 10.8 Å². The third-order valence-corrected chi connectivity index (χ3v) is 3.70. The predicted molar refractivity (Wildman–Crippen MR) is 62.5 cm³/mol. The number of hydrogen-bond donors (Lipinski definition) is 1. The van der Waals surface area contributed by atoms with Crippen LogP contribution in [0.25, 0.3) is 0 Å². The third kappa shape index (κ3) is 3.18. The Labute approximate surface area is 88.5 Å². The molecule has 0 atom stereocenters. The van der Waals surface area contributed by atoms with Crippen LogP contribution < -0.4 is 0 Å². The fraction of sp³-hybridized carbons (Fsp3) is 0.400. The molecule has 0 saturated carbocycles. The molecule has 1 aromatic rings. The normalized spacial score (nSPS) is 11.9. The summed E-state index contributed by atoms with van der Waals surface area (Å²) in [5.74, 6) is 0. The first kappa shape index (κ1) is 10.8. The molecular formula is C10H16OSSi. The zero-order valence-electron chi connectivity index (χ0n) is 8.37. The molecule has 1 rings (SSSR count). The maximum Gasteiger partial charge on any atom is 0.146 e. The highest BCUT2D eigenvalue weighted by atomic mass is 32.1. The minimum atomic E-state index is -0.0505. The minimum absolute atomic E-state index is 0.0505. The lowest BCUT2D eigenvalue weighted by atomic mass is 9.99. The zero-order valence-corrected chi connectivity index (χ0v) is 11.3. The van der Waals surface area contributed by atoms with Crippen molar-refractivity contribution in [2.45, 2.75) is 30.8 Å². The van der Waals surface area contributed by atoms with Gasteiger partial charge in [0.2, 0.25) is 0 Å². The monoisotopic (exact) mass is 212 g/mol. The van der Waals surface area contributed by atoms with Crippen molar-refractivity contribution in [2.24, 2.45) is 0 Å². The SMILES string of the molecule is CC(C)(Cc1ccccc1S)O[SiH3]. The highest BCUT2D eigenvalue weighted by Gasteiger charge is 2.17. The Bertz CT molecular complexity index is 286. The average molecular weight is 212 g/mol. The first-order valence-corrected chi connectivity index (χ1v) is 5.63. The lowest BCUT2D eigenvalue weighted by Gasteiger charge is -2.24. The van der Waals surface area contributed by atoms with Crippen LogP contribution in [0.1, 0.15) is 19.4 Å². The Kier molecular flexibility index (Phi) is 3.59. The van der Waals surface area contributed by atoms with E-state index in [0.717, 1.165) is 21.8 Å². The van der Waals surface area contributed by atoms with Crippen LogP contribution in [-0.4, -0.2) is 16.1 Å². The summed E-state index contributed by atoms with van der Waals surface area (Å²) in [5, 5.41) is 0. The van der Waals surface area contributed by atoms with Gasteiger partial charge in [-0.3, -0.25) is 0 Å². The molecule has 0 fully saturated rings. The summed E-state index contributed by atoms with van der Waals surface area (Å²) in [4.78, 5) is 1.05. The molecule has 0 aliphatic rings. The van der Waals surface area contributed by atoms with Gasteiger partial charge in [0.1, 0.15) is 10.5 Å². The zero-order chi connectivity index (χ0) is 9.90. The van der Waals surface area contributed by atoms with Crippen LogP contribution in [0.2, 0.25) is 0 Å². The van der Waals surface area contributed by atoms with Crippen molar-refractivity contribution in [3.63, 3.8) is 0 Å². The van der Waals surface area contributed by atoms with E-state index in [4.69, 9.17) is 4.43 Å². The minimum Gasteiger partial charge on any atom is -0.423 e. The summed E-state index contributed by atoms with van der Waals surface area (Å²) in [6, 6.07) is 8.16. The lowest BCUT2D eigenvalue weighted by Crippen LogP contribution is -2.26. The first-order chi connectivity index (χ1) is 6.05. The highest BCUT2D eigenvalue weighted by Crippen LogP contribution is 2.20. The molecule has 0 amide bonds. The summed E-state index contributed by atoms with van der Waals surface area (Å²) in [6.45, 7) is 4.22. The number of hydrogen-bond acceptors (Lipinski definition) is 2. The molecule has 0 radical (unpaired) electrons. The van der Waals surface area contributed by atoms with Crippen LogP contribution >= 0.6 is 12.6 Å². The molecule has 0 bridgehead atoms. The van der Waals surface area contributed by atoms with E-state index in [1.54, 1.807) is 0 Å². The van der Waals surface area contributed by atoms with Crippen molar-refractivity contribution in [3.05, 3.63) is 29.8 Å². The summed E-state index contributed by atoms with van der Waals surface area (Å²) in [7, 11) is 0.781. The molecule has 0 unspecified atom stereocenters. The van der Waals surface area contributed by atoms with Crippen LogP contribution in [0.5, 0.6) is 0 Å². The maximum absolute atomic E-state index is 5.50. The van der Waals surface area contributed by atoms with Gasteiger partial charge in [-0.15, -0.1) is 12.6 Å². The van der Waals surface area contributed by atoms with E-state index >= 15 is 0 Å². The molecule has 0 aliphatic heterocycles. The molecule has 0 heterocycles. The first-order valence-electron chi connectivity index (χ1n) is 4.37. The molecule has 1 aromatic carbocycles. The smallest absolute Gasteiger partial charge is 0.146 e. The Morgan fingerprint density at radius 3 is 2.54 bits per heavy atom. The third-order valence-electron chi connectivity index (χ3n) is 2.16. The van der Waals surface area contributed by atoms with Gasteiger partial charge in [-0.2, -0.15) is 0 Å². The van der Waals surface area contributed by atoms with Crippen LogP contribution in [0.3, 0.4) is 0 Å². The second kappa shape index (κ2) is 4.31. The molecule has 0 aromatic heterocycles. The van der Waals surface area contributed by atoms with Gasteiger partial charge in [-0.05, 0) is 25.5 Å². The van der Waals surface area contributed by atoms with Gasteiger partial charge in [0.05, 0.1) is 5.60 Å². The summed E-state index contributed by atoms with van der Waals surface area (Å²) in [6.07, 6.45) is 0.927. The van der Waals surface area contributed by atoms with E-state index in [2.05, 4.69) is 32.5 Å². The van der Waals surface area contributed by atoms with E-state index < -0.39 is 0 Å². The molecule has 0 spiro atoms. The molecule has 0 aliphatic carbocycles. The van der Waals surface area contributed by atoms with E-state index in [-0.39, 0.29) is 5.60 Å². The van der Waals surface area contributed by atoms with Gasteiger partial charge in [-0.1, -0.05) is 18.2 Å². The lowest BCUT2D eigenvalue weighted by molar-refractivity contribution is 0.123. The Balaban J connectivity index is 2.80.